The molecule has 0 aliphatic carbocycles. The fraction of sp³-hybridized carbons (Fsp3) is 0.195. The molecule has 266 valence electrons. The van der Waals surface area contributed by atoms with Crippen molar-refractivity contribution in [2.75, 3.05) is 13.1 Å². The van der Waals surface area contributed by atoms with Crippen molar-refractivity contribution in [2.45, 2.75) is 38.3 Å². The number of nitrogens with zero attached hydrogens (tertiary/aromatic N) is 7. The zero-order chi connectivity index (χ0) is 36.3. The number of aromatic hydroxyl groups is 1. The maximum atomic E-state index is 14.6. The van der Waals surface area contributed by atoms with Crippen molar-refractivity contribution in [3.63, 3.8) is 0 Å². The van der Waals surface area contributed by atoms with Crippen molar-refractivity contribution >= 4 is 28.6 Å². The van der Waals surface area contributed by atoms with E-state index in [2.05, 4.69) is 15.6 Å². The molecule has 2 aliphatic rings. The Kier molecular flexibility index (Phi) is 9.26. The number of urea groups is 1. The second kappa shape index (κ2) is 14.6. The molecule has 5 aromatic carbocycles. The van der Waals surface area contributed by atoms with E-state index in [-0.39, 0.29) is 56.7 Å². The van der Waals surface area contributed by atoms with Crippen molar-refractivity contribution in [1.82, 2.24) is 40.1 Å². The molecule has 6 aromatic rings. The van der Waals surface area contributed by atoms with Gasteiger partial charge in [-0.3, -0.25) is 9.59 Å². The summed E-state index contributed by atoms with van der Waals surface area (Å²) in [5, 5.41) is 27.1. The first-order valence-corrected chi connectivity index (χ1v) is 17.6. The number of para-hydroxylation sites is 1. The summed E-state index contributed by atoms with van der Waals surface area (Å²) < 4.78 is 1.66. The molecule has 8 rings (SSSR count). The first-order chi connectivity index (χ1) is 25.9. The molecule has 12 nitrogen and oxygen atoms in total. The summed E-state index contributed by atoms with van der Waals surface area (Å²) in [5.74, 6) is -0.381. The number of carbonyl (C=O) groups excluding carboxylic acids is 3. The third-order valence-electron chi connectivity index (χ3n) is 9.84. The number of amides is 4. The van der Waals surface area contributed by atoms with Crippen LogP contribution in [0.4, 0.5) is 4.79 Å². The van der Waals surface area contributed by atoms with Crippen LogP contribution in [0.3, 0.4) is 0 Å². The van der Waals surface area contributed by atoms with Gasteiger partial charge in [0.1, 0.15) is 18.0 Å². The molecule has 2 N–H and O–H groups in total. The standard InChI is InChI=1S/C41H38N8O4/c50-35-20-18-29(19-21-35)22-37-40(52)45(24-32-14-9-13-31-12-7-8-17-36(31)32)27-38-48(37)39(51)28-46(49(38)41(53)42-23-30-10-3-1-4-11-30)25-33-26-47(44-43-33)34-15-5-2-6-16-34/h1-21,26,37-38,50H,22-25,27-28H2,(H,42,53)/t37-,38?/m0/s1. The van der Waals surface area contributed by atoms with Crippen LogP contribution in [0.1, 0.15) is 22.4 Å². The van der Waals surface area contributed by atoms with Crippen LogP contribution in [-0.2, 0) is 35.6 Å². The Morgan fingerprint density at radius 3 is 2.30 bits per heavy atom. The largest absolute Gasteiger partial charge is 0.508 e. The third-order valence-corrected chi connectivity index (χ3v) is 9.84. The summed E-state index contributed by atoms with van der Waals surface area (Å²) in [6, 6.07) is 38.6. The quantitative estimate of drug-likeness (QED) is 0.220. The number of carbonyl (C=O) groups is 3. The number of nitrogens with one attached hydrogen (secondary N) is 1. The Morgan fingerprint density at radius 2 is 1.51 bits per heavy atom. The van der Waals surface area contributed by atoms with Crippen molar-refractivity contribution < 1.29 is 19.5 Å². The first-order valence-electron chi connectivity index (χ1n) is 17.6. The maximum Gasteiger partial charge on any atom is 0.334 e. The number of piperazine rings is 1. The lowest BCUT2D eigenvalue weighted by Crippen LogP contribution is -2.76. The Labute approximate surface area is 306 Å². The lowest BCUT2D eigenvalue weighted by atomic mass is 9.97. The molecule has 0 spiro atoms. The van der Waals surface area contributed by atoms with Gasteiger partial charge in [0, 0.05) is 19.5 Å². The highest BCUT2D eigenvalue weighted by Gasteiger charge is 2.51. The van der Waals surface area contributed by atoms with Gasteiger partial charge in [0.25, 0.3) is 0 Å². The van der Waals surface area contributed by atoms with Gasteiger partial charge in [-0.05, 0) is 51.7 Å². The van der Waals surface area contributed by atoms with Crippen LogP contribution in [-0.4, -0.2) is 83.1 Å². The minimum absolute atomic E-state index is 0.0891. The first kappa shape index (κ1) is 33.6. The summed E-state index contributed by atoms with van der Waals surface area (Å²) in [6.45, 7) is 0.615. The summed E-state index contributed by atoms with van der Waals surface area (Å²) in [6.07, 6.45) is 1.17. The molecule has 1 aromatic heterocycles. The number of phenols is 1. The van der Waals surface area contributed by atoms with E-state index in [0.717, 1.165) is 33.2 Å². The Balaban J connectivity index is 1.16. The van der Waals surface area contributed by atoms with Crippen molar-refractivity contribution in [3.8, 4) is 11.4 Å². The molecule has 12 heteroatoms. The van der Waals surface area contributed by atoms with E-state index in [1.807, 2.05) is 103 Å². The van der Waals surface area contributed by atoms with Gasteiger partial charge in [-0.1, -0.05) is 108 Å². The normalized spacial score (nSPS) is 17.6. The van der Waals surface area contributed by atoms with Crippen molar-refractivity contribution in [1.29, 1.82) is 0 Å². The Bertz CT molecular complexity index is 2240. The molecule has 2 aliphatic heterocycles. The molecule has 3 heterocycles. The van der Waals surface area contributed by atoms with Gasteiger partial charge in [-0.15, -0.1) is 5.10 Å². The van der Waals surface area contributed by atoms with E-state index >= 15 is 0 Å². The molecule has 0 radical (unpaired) electrons. The SMILES string of the molecule is O=C1[C@H](Cc2ccc(O)cc2)N2C(=O)CN(Cc3cn(-c4ccccc4)nn3)N(C(=O)NCc3ccccc3)C2CN1Cc1cccc2ccccc12. The van der Waals surface area contributed by atoms with Gasteiger partial charge in [0.15, 0.2) is 0 Å². The molecule has 2 saturated heterocycles. The van der Waals surface area contributed by atoms with Crippen LogP contribution in [0.5, 0.6) is 5.75 Å². The molecular formula is C41H38N8O4. The molecular weight excluding hydrogens is 669 g/mol. The highest BCUT2D eigenvalue weighted by molar-refractivity contribution is 5.92. The van der Waals surface area contributed by atoms with Gasteiger partial charge >= 0.3 is 6.03 Å². The lowest BCUT2D eigenvalue weighted by molar-refractivity contribution is -0.192. The zero-order valence-electron chi connectivity index (χ0n) is 28.9. The molecule has 0 bridgehead atoms. The number of benzene rings is 5. The number of rotatable bonds is 9. The number of hydrogen-bond acceptors (Lipinski definition) is 7. The Hall–Kier alpha value is -6.53. The average Bonchev–Trinajstić information content (AvgIpc) is 3.66. The predicted octanol–water partition coefficient (Wildman–Crippen LogP) is 4.88. The number of phenolic OH excluding ortho intramolecular Hbond substituents is 1. The number of hydrogen-bond donors (Lipinski definition) is 2. The second-order valence-corrected chi connectivity index (χ2v) is 13.3. The second-order valence-electron chi connectivity index (χ2n) is 13.3. The zero-order valence-corrected chi connectivity index (χ0v) is 28.9. The smallest absolute Gasteiger partial charge is 0.334 e. The van der Waals surface area contributed by atoms with E-state index in [0.29, 0.717) is 5.69 Å². The molecule has 0 saturated carbocycles. The van der Waals surface area contributed by atoms with Crippen LogP contribution < -0.4 is 5.32 Å². The van der Waals surface area contributed by atoms with Crippen LogP contribution in [0.2, 0.25) is 0 Å². The fourth-order valence-electron chi connectivity index (χ4n) is 7.28. The van der Waals surface area contributed by atoms with E-state index in [1.165, 1.54) is 0 Å². The summed E-state index contributed by atoms with van der Waals surface area (Å²) in [5.41, 5.74) is 4.06. The van der Waals surface area contributed by atoms with Crippen LogP contribution in [0.25, 0.3) is 16.5 Å². The summed E-state index contributed by atoms with van der Waals surface area (Å²) >= 11 is 0. The highest BCUT2D eigenvalue weighted by Crippen LogP contribution is 2.31. The minimum Gasteiger partial charge on any atom is -0.508 e. The summed E-state index contributed by atoms with van der Waals surface area (Å²) in [7, 11) is 0. The number of fused-ring (bicyclic) bond motifs is 2. The molecule has 53 heavy (non-hydrogen) atoms. The summed E-state index contributed by atoms with van der Waals surface area (Å²) in [4.78, 5) is 46.7. The van der Waals surface area contributed by atoms with Gasteiger partial charge in [-0.2, -0.15) is 5.01 Å². The van der Waals surface area contributed by atoms with Gasteiger partial charge in [0.2, 0.25) is 11.8 Å². The van der Waals surface area contributed by atoms with Crippen molar-refractivity contribution in [3.05, 3.63) is 156 Å². The van der Waals surface area contributed by atoms with Gasteiger partial charge in [-0.25, -0.2) is 14.5 Å². The van der Waals surface area contributed by atoms with Crippen LogP contribution in [0.15, 0.2) is 134 Å². The minimum atomic E-state index is -0.897. The predicted molar refractivity (Wildman–Crippen MR) is 198 cm³/mol. The van der Waals surface area contributed by atoms with Crippen LogP contribution in [0, 0.1) is 0 Å². The molecule has 1 unspecified atom stereocenters. The van der Waals surface area contributed by atoms with E-state index in [9.17, 15) is 19.5 Å². The molecule has 2 atom stereocenters. The van der Waals surface area contributed by atoms with Gasteiger partial charge < -0.3 is 20.2 Å². The maximum absolute atomic E-state index is 14.6. The molecule has 4 amide bonds. The lowest BCUT2D eigenvalue weighted by Gasteiger charge is -2.55. The fourth-order valence-corrected chi connectivity index (χ4v) is 7.28. The average molecular weight is 707 g/mol. The van der Waals surface area contributed by atoms with E-state index in [4.69, 9.17) is 0 Å². The number of hydrazine groups is 1. The topological polar surface area (TPSA) is 127 Å². The van der Waals surface area contributed by atoms with E-state index < -0.39 is 18.2 Å². The highest BCUT2D eigenvalue weighted by atomic mass is 16.3. The van der Waals surface area contributed by atoms with Crippen molar-refractivity contribution in [2.24, 2.45) is 0 Å². The van der Waals surface area contributed by atoms with E-state index in [1.54, 1.807) is 55.0 Å². The third kappa shape index (κ3) is 7.04. The van der Waals surface area contributed by atoms with Gasteiger partial charge in [0.05, 0.1) is 37.2 Å². The number of aromatic nitrogens is 3. The Morgan fingerprint density at radius 1 is 0.792 bits per heavy atom. The monoisotopic (exact) mass is 706 g/mol. The molecule has 2 fully saturated rings. The van der Waals surface area contributed by atoms with Crippen LogP contribution >= 0.6 is 0 Å².